The third-order valence-electron chi connectivity index (χ3n) is 6.05. The van der Waals surface area contributed by atoms with E-state index in [0.29, 0.717) is 42.6 Å². The topological polar surface area (TPSA) is 148 Å². The van der Waals surface area contributed by atoms with Crippen molar-refractivity contribution in [3.8, 4) is 5.75 Å². The lowest BCUT2D eigenvalue weighted by atomic mass is 10.1. The summed E-state index contributed by atoms with van der Waals surface area (Å²) in [5, 5.41) is 23.2. The van der Waals surface area contributed by atoms with Gasteiger partial charge in [-0.05, 0) is 60.7 Å². The van der Waals surface area contributed by atoms with Crippen molar-refractivity contribution < 1.29 is 32.6 Å². The van der Waals surface area contributed by atoms with Crippen molar-refractivity contribution in [2.75, 3.05) is 10.6 Å². The van der Waals surface area contributed by atoms with Crippen molar-refractivity contribution in [3.05, 3.63) is 106 Å². The zero-order valence-electron chi connectivity index (χ0n) is 22.6. The standard InChI is InChI=1S/C29H27F3N6O5/c30-29(31,32)43-22-11-6-7-19(17-22)18-25(39)33-24-13-12-21(36-37-24)10-4-5-15-38-16-14-23(35-28(38)42)34-27(41)26(40)20-8-2-1-3-9-20/h1-3,6-9,11-14,16-17,26,40H,4-5,10,15,18H2,(H,33,37,39)(H,34,35,41,42)/t26-/m0/s1. The number of nitrogens with one attached hydrogen (secondary N) is 2. The maximum atomic E-state index is 12.4. The monoisotopic (exact) mass is 596 g/mol. The molecule has 2 aromatic carbocycles. The van der Waals surface area contributed by atoms with Crippen LogP contribution in [0.25, 0.3) is 0 Å². The number of anilines is 2. The molecule has 3 N–H and O–H groups in total. The van der Waals surface area contributed by atoms with Crippen LogP contribution < -0.4 is 21.1 Å². The average Bonchev–Trinajstić information content (AvgIpc) is 2.96. The number of hydrogen-bond acceptors (Lipinski definition) is 8. The van der Waals surface area contributed by atoms with Crippen molar-refractivity contribution in [2.45, 2.75) is 44.7 Å². The molecule has 0 aliphatic carbocycles. The number of carbonyl (C=O) groups excluding carboxylic acids is 2. The van der Waals surface area contributed by atoms with E-state index in [2.05, 4.69) is 30.6 Å². The van der Waals surface area contributed by atoms with Gasteiger partial charge in [0.15, 0.2) is 11.9 Å². The van der Waals surface area contributed by atoms with E-state index in [4.69, 9.17) is 0 Å². The molecule has 43 heavy (non-hydrogen) atoms. The number of unbranched alkanes of at least 4 members (excludes halogenated alkanes) is 1. The summed E-state index contributed by atoms with van der Waals surface area (Å²) in [6, 6.07) is 18.3. The lowest BCUT2D eigenvalue weighted by molar-refractivity contribution is -0.274. The molecule has 0 fully saturated rings. The molecule has 11 nitrogen and oxygen atoms in total. The normalized spacial score (nSPS) is 11.9. The first-order valence-electron chi connectivity index (χ1n) is 13.1. The highest BCUT2D eigenvalue weighted by Crippen LogP contribution is 2.23. The van der Waals surface area contributed by atoms with Crippen molar-refractivity contribution in [3.63, 3.8) is 0 Å². The van der Waals surface area contributed by atoms with Crippen LogP contribution >= 0.6 is 0 Å². The van der Waals surface area contributed by atoms with Crippen LogP contribution in [-0.2, 0) is 29.0 Å². The molecule has 0 bridgehead atoms. The number of halogens is 3. The van der Waals surface area contributed by atoms with E-state index < -0.39 is 35.7 Å². The highest BCUT2D eigenvalue weighted by atomic mass is 19.4. The van der Waals surface area contributed by atoms with Gasteiger partial charge in [0.1, 0.15) is 11.6 Å². The largest absolute Gasteiger partial charge is 0.573 e. The molecule has 0 spiro atoms. The van der Waals surface area contributed by atoms with Crippen LogP contribution in [0.3, 0.4) is 0 Å². The zero-order valence-corrected chi connectivity index (χ0v) is 22.6. The van der Waals surface area contributed by atoms with Gasteiger partial charge in [0.2, 0.25) is 5.91 Å². The first-order chi connectivity index (χ1) is 20.6. The number of carbonyl (C=O) groups is 2. The number of benzene rings is 2. The molecule has 2 aromatic heterocycles. The van der Waals surface area contributed by atoms with E-state index >= 15 is 0 Å². The maximum Gasteiger partial charge on any atom is 0.573 e. The van der Waals surface area contributed by atoms with Gasteiger partial charge in [0.25, 0.3) is 5.91 Å². The predicted octanol–water partition coefficient (Wildman–Crippen LogP) is 3.81. The number of aliphatic hydroxyl groups excluding tert-OH is 1. The number of rotatable bonds is 12. The van der Waals surface area contributed by atoms with Crippen molar-refractivity contribution in [1.29, 1.82) is 0 Å². The number of hydrogen-bond donors (Lipinski definition) is 3. The Bertz CT molecular complexity index is 1600. The van der Waals surface area contributed by atoms with Crippen LogP contribution in [0.4, 0.5) is 24.8 Å². The Morgan fingerprint density at radius 1 is 0.930 bits per heavy atom. The molecule has 0 saturated carbocycles. The molecule has 0 unspecified atom stereocenters. The number of ether oxygens (including phenoxy) is 1. The molecular formula is C29H27F3N6O5. The second-order valence-electron chi connectivity index (χ2n) is 9.38. The SMILES string of the molecule is O=C(Cc1cccc(OC(F)(F)F)c1)Nc1ccc(CCCCn2ccc(NC(=O)[C@@H](O)c3ccccc3)nc2=O)nn1. The summed E-state index contributed by atoms with van der Waals surface area (Å²) in [5.41, 5.74) is 0.863. The van der Waals surface area contributed by atoms with Crippen LogP contribution in [-0.4, -0.2) is 43.0 Å². The molecule has 4 rings (SSSR count). The molecular weight excluding hydrogens is 569 g/mol. The van der Waals surface area contributed by atoms with Crippen LogP contribution in [0, 0.1) is 0 Å². The van der Waals surface area contributed by atoms with Gasteiger partial charge >= 0.3 is 12.1 Å². The van der Waals surface area contributed by atoms with E-state index in [-0.39, 0.29) is 18.1 Å². The summed E-state index contributed by atoms with van der Waals surface area (Å²) >= 11 is 0. The molecule has 224 valence electrons. The molecule has 0 saturated heterocycles. The number of nitrogens with zero attached hydrogens (tertiary/aromatic N) is 4. The molecule has 2 amide bonds. The summed E-state index contributed by atoms with van der Waals surface area (Å²) in [4.78, 5) is 40.8. The molecule has 0 aliphatic heterocycles. The minimum absolute atomic E-state index is 0.0349. The molecule has 0 radical (unpaired) electrons. The maximum absolute atomic E-state index is 12.4. The molecule has 4 aromatic rings. The van der Waals surface area contributed by atoms with Gasteiger partial charge in [0, 0.05) is 12.7 Å². The van der Waals surface area contributed by atoms with Gasteiger partial charge in [-0.25, -0.2) is 4.79 Å². The number of aryl methyl sites for hydroxylation is 2. The molecule has 1 atom stereocenters. The Kier molecular flexibility index (Phi) is 10.2. The fourth-order valence-corrected chi connectivity index (χ4v) is 4.02. The summed E-state index contributed by atoms with van der Waals surface area (Å²) in [6.45, 7) is 0.378. The van der Waals surface area contributed by atoms with Gasteiger partial charge < -0.3 is 20.5 Å². The lowest BCUT2D eigenvalue weighted by Gasteiger charge is -2.11. The van der Waals surface area contributed by atoms with Crippen LogP contribution in [0.15, 0.2) is 83.8 Å². The number of alkyl halides is 3. The Morgan fingerprint density at radius 2 is 1.72 bits per heavy atom. The molecule has 2 heterocycles. The Labute approximate surface area is 243 Å². The fourth-order valence-electron chi connectivity index (χ4n) is 4.02. The van der Waals surface area contributed by atoms with E-state index in [0.717, 1.165) is 12.1 Å². The van der Waals surface area contributed by atoms with Crippen LogP contribution in [0.1, 0.15) is 35.8 Å². The third kappa shape index (κ3) is 9.74. The molecule has 0 aliphatic rings. The number of aromatic nitrogens is 4. The second kappa shape index (κ2) is 14.2. The Morgan fingerprint density at radius 3 is 2.42 bits per heavy atom. The summed E-state index contributed by atoms with van der Waals surface area (Å²) in [7, 11) is 0. The fraction of sp³-hybridized carbons (Fsp3) is 0.241. The minimum atomic E-state index is -4.83. The van der Waals surface area contributed by atoms with Crippen molar-refractivity contribution >= 4 is 23.5 Å². The number of amides is 2. The van der Waals surface area contributed by atoms with E-state index in [1.807, 2.05) is 0 Å². The van der Waals surface area contributed by atoms with Crippen molar-refractivity contribution in [2.24, 2.45) is 0 Å². The first kappa shape index (κ1) is 30.8. The highest BCUT2D eigenvalue weighted by Gasteiger charge is 2.31. The van der Waals surface area contributed by atoms with E-state index in [1.165, 1.54) is 29.0 Å². The number of aliphatic hydroxyl groups is 1. The zero-order chi connectivity index (χ0) is 30.8. The lowest BCUT2D eigenvalue weighted by Crippen LogP contribution is -2.27. The summed E-state index contributed by atoms with van der Waals surface area (Å²) < 4.78 is 42.5. The van der Waals surface area contributed by atoms with Gasteiger partial charge in [-0.15, -0.1) is 18.3 Å². The van der Waals surface area contributed by atoms with Crippen LogP contribution in [0.5, 0.6) is 5.75 Å². The smallest absolute Gasteiger partial charge is 0.406 e. The first-order valence-corrected chi connectivity index (χ1v) is 13.1. The average molecular weight is 597 g/mol. The quantitative estimate of drug-likeness (QED) is 0.209. The second-order valence-corrected chi connectivity index (χ2v) is 9.38. The van der Waals surface area contributed by atoms with Gasteiger partial charge in [-0.1, -0.05) is 42.5 Å². The van der Waals surface area contributed by atoms with Gasteiger partial charge in [-0.3, -0.25) is 14.2 Å². The van der Waals surface area contributed by atoms with Crippen molar-refractivity contribution in [1.82, 2.24) is 19.7 Å². The van der Waals surface area contributed by atoms with E-state index in [9.17, 15) is 32.7 Å². The highest BCUT2D eigenvalue weighted by molar-refractivity contribution is 5.93. The van der Waals surface area contributed by atoms with Gasteiger partial charge in [-0.2, -0.15) is 10.1 Å². The predicted molar refractivity (Wildman–Crippen MR) is 149 cm³/mol. The molecule has 14 heteroatoms. The van der Waals surface area contributed by atoms with E-state index in [1.54, 1.807) is 42.5 Å². The Balaban J connectivity index is 1.19. The summed E-state index contributed by atoms with van der Waals surface area (Å²) in [6.07, 6.45) is -3.05. The Hall–Kier alpha value is -5.11. The minimum Gasteiger partial charge on any atom is -0.406 e. The van der Waals surface area contributed by atoms with Crippen LogP contribution in [0.2, 0.25) is 0 Å². The summed E-state index contributed by atoms with van der Waals surface area (Å²) in [5.74, 6) is -1.37. The third-order valence-corrected chi connectivity index (χ3v) is 6.05. The van der Waals surface area contributed by atoms with Gasteiger partial charge in [0.05, 0.1) is 12.1 Å².